The second kappa shape index (κ2) is 5.36. The minimum absolute atomic E-state index is 0.137. The van der Waals surface area contributed by atoms with Crippen molar-refractivity contribution in [2.75, 3.05) is 7.11 Å². The van der Waals surface area contributed by atoms with Crippen molar-refractivity contribution in [1.29, 1.82) is 5.26 Å². The van der Waals surface area contributed by atoms with E-state index < -0.39 is 11.0 Å². The summed E-state index contributed by atoms with van der Waals surface area (Å²) in [5.41, 5.74) is -0.0691. The number of allylic oxidation sites excluding steroid dienone is 1. The van der Waals surface area contributed by atoms with Crippen LogP contribution in [0.4, 0.5) is 0 Å². The summed E-state index contributed by atoms with van der Waals surface area (Å²) in [5, 5.41) is 9.39. The van der Waals surface area contributed by atoms with Gasteiger partial charge < -0.3 is 4.74 Å². The third kappa shape index (κ3) is 2.33. The van der Waals surface area contributed by atoms with E-state index in [-0.39, 0.29) is 11.4 Å². The minimum atomic E-state index is -0.872. The van der Waals surface area contributed by atoms with Crippen LogP contribution in [-0.2, 0) is 15.1 Å². The molecule has 1 heterocycles. The van der Waals surface area contributed by atoms with Crippen molar-refractivity contribution in [3.05, 3.63) is 39.6 Å². The van der Waals surface area contributed by atoms with Crippen LogP contribution >= 0.6 is 15.9 Å². The van der Waals surface area contributed by atoms with Gasteiger partial charge in [0.05, 0.1) is 11.3 Å². The van der Waals surface area contributed by atoms with Gasteiger partial charge in [0.1, 0.15) is 11.7 Å². The highest BCUT2D eigenvalue weighted by Crippen LogP contribution is 2.50. The number of carbonyl (C=O) groups is 1. The lowest BCUT2D eigenvalue weighted by atomic mass is 9.65. The van der Waals surface area contributed by atoms with Crippen LogP contribution in [0.2, 0.25) is 0 Å². The summed E-state index contributed by atoms with van der Waals surface area (Å²) >= 11 is 3.50. The monoisotopic (exact) mass is 348 g/mol. The molecule has 0 radical (unpaired) electrons. The number of Topliss-reactive ketones (excluding diaryl/α,β-unsaturated/α-hetero) is 1. The maximum absolute atomic E-state index is 12.4. The van der Waals surface area contributed by atoms with Crippen molar-refractivity contribution in [3.8, 4) is 6.07 Å². The zero-order valence-electron chi connectivity index (χ0n) is 12.5. The second-order valence-electron chi connectivity index (χ2n) is 5.87. The van der Waals surface area contributed by atoms with E-state index in [1.54, 1.807) is 20.2 Å². The first-order chi connectivity index (χ1) is 9.80. The third-order valence-corrected chi connectivity index (χ3v) is 4.75. The number of aromatic nitrogens is 1. The summed E-state index contributed by atoms with van der Waals surface area (Å²) < 4.78 is 6.62. The topological polar surface area (TPSA) is 63.0 Å². The molecule has 21 heavy (non-hydrogen) atoms. The van der Waals surface area contributed by atoms with Crippen molar-refractivity contribution in [3.63, 3.8) is 0 Å². The van der Waals surface area contributed by atoms with Crippen molar-refractivity contribution in [2.45, 2.75) is 32.8 Å². The Morgan fingerprint density at radius 1 is 1.48 bits per heavy atom. The van der Waals surface area contributed by atoms with E-state index in [1.165, 1.54) is 0 Å². The van der Waals surface area contributed by atoms with Gasteiger partial charge in [0.15, 0.2) is 5.78 Å². The summed E-state index contributed by atoms with van der Waals surface area (Å²) in [5.74, 6) is -0.137. The number of rotatable bonds is 2. The quantitative estimate of drug-likeness (QED) is 0.820. The van der Waals surface area contributed by atoms with Crippen molar-refractivity contribution >= 4 is 21.7 Å². The average molecular weight is 349 g/mol. The molecule has 5 heteroatoms. The Morgan fingerprint density at radius 3 is 2.67 bits per heavy atom. The van der Waals surface area contributed by atoms with E-state index in [9.17, 15) is 10.1 Å². The van der Waals surface area contributed by atoms with Gasteiger partial charge in [-0.1, -0.05) is 13.8 Å². The van der Waals surface area contributed by atoms with Crippen LogP contribution in [0.25, 0.3) is 0 Å². The molecule has 1 aromatic heterocycles. The Kier molecular flexibility index (Phi) is 4.05. The van der Waals surface area contributed by atoms with Crippen LogP contribution in [-0.4, -0.2) is 17.9 Å². The Hall–Kier alpha value is -1.51. The fourth-order valence-electron chi connectivity index (χ4n) is 2.95. The lowest BCUT2D eigenvalue weighted by Crippen LogP contribution is -2.45. The van der Waals surface area contributed by atoms with Gasteiger partial charge in [-0.2, -0.15) is 5.26 Å². The number of carbonyl (C=O) groups excluding carboxylic acids is 1. The van der Waals surface area contributed by atoms with E-state index in [0.29, 0.717) is 17.7 Å². The van der Waals surface area contributed by atoms with Gasteiger partial charge in [-0.05, 0) is 47.0 Å². The highest BCUT2D eigenvalue weighted by atomic mass is 79.9. The maximum Gasteiger partial charge on any atom is 0.179 e. The molecular weight excluding hydrogens is 332 g/mol. The molecule has 110 valence electrons. The molecule has 0 N–H and O–H groups in total. The van der Waals surface area contributed by atoms with E-state index in [0.717, 1.165) is 4.47 Å². The molecule has 0 fully saturated rings. The number of hydrogen-bond acceptors (Lipinski definition) is 4. The molecule has 0 amide bonds. The average Bonchev–Trinajstić information content (AvgIpc) is 2.45. The van der Waals surface area contributed by atoms with E-state index in [1.807, 2.05) is 32.0 Å². The Bertz CT molecular complexity index is 673. The summed E-state index contributed by atoms with van der Waals surface area (Å²) in [6.07, 6.45) is 2.13. The Labute approximate surface area is 133 Å². The van der Waals surface area contributed by atoms with Crippen LogP contribution in [0.1, 0.15) is 32.9 Å². The third-order valence-electron chi connectivity index (χ3n) is 4.11. The fourth-order valence-corrected chi connectivity index (χ4v) is 3.52. The van der Waals surface area contributed by atoms with Gasteiger partial charge in [-0.3, -0.25) is 9.78 Å². The number of ether oxygens (including phenoxy) is 1. The van der Waals surface area contributed by atoms with Crippen LogP contribution in [0.5, 0.6) is 0 Å². The summed E-state index contributed by atoms with van der Waals surface area (Å²) in [4.78, 5) is 16.9. The number of nitrogens with zero attached hydrogens (tertiary/aromatic N) is 2. The van der Waals surface area contributed by atoms with Crippen molar-refractivity contribution < 1.29 is 9.53 Å². The number of pyridine rings is 1. The SMILES string of the molecule is CO[C@@]1(c2ncccc2Br)CC(C)(C)C(=O)C(C#N)=C1C. The Balaban J connectivity index is 2.80. The number of nitriles is 1. The van der Waals surface area contributed by atoms with Crippen molar-refractivity contribution in [2.24, 2.45) is 5.41 Å². The molecule has 0 saturated heterocycles. The molecule has 2 rings (SSSR count). The van der Waals surface area contributed by atoms with Gasteiger partial charge in [0.25, 0.3) is 0 Å². The van der Waals surface area contributed by atoms with Crippen LogP contribution in [0.3, 0.4) is 0 Å². The van der Waals surface area contributed by atoms with Crippen LogP contribution in [0, 0.1) is 16.7 Å². The molecule has 0 aromatic carbocycles. The summed E-state index contributed by atoms with van der Waals surface area (Å²) in [6, 6.07) is 5.74. The highest BCUT2D eigenvalue weighted by Gasteiger charge is 2.51. The number of methoxy groups -OCH3 is 1. The van der Waals surface area contributed by atoms with Gasteiger partial charge in [-0.25, -0.2) is 0 Å². The predicted molar refractivity (Wildman–Crippen MR) is 82.3 cm³/mol. The molecule has 0 spiro atoms. The lowest BCUT2D eigenvalue weighted by Gasteiger charge is -2.43. The van der Waals surface area contributed by atoms with Gasteiger partial charge in [0.2, 0.25) is 0 Å². The molecule has 1 aliphatic rings. The van der Waals surface area contributed by atoms with E-state index in [2.05, 4.69) is 20.9 Å². The van der Waals surface area contributed by atoms with Gasteiger partial charge in [0, 0.05) is 23.2 Å². The number of hydrogen-bond donors (Lipinski definition) is 0. The van der Waals surface area contributed by atoms with Crippen molar-refractivity contribution in [1.82, 2.24) is 4.98 Å². The molecule has 0 aliphatic heterocycles. The van der Waals surface area contributed by atoms with E-state index in [4.69, 9.17) is 4.74 Å². The minimum Gasteiger partial charge on any atom is -0.367 e. The molecule has 0 saturated carbocycles. The molecule has 0 bridgehead atoms. The summed E-state index contributed by atoms with van der Waals surface area (Å²) in [6.45, 7) is 5.45. The smallest absolute Gasteiger partial charge is 0.179 e. The largest absolute Gasteiger partial charge is 0.367 e. The molecule has 1 aliphatic carbocycles. The number of ketones is 1. The molecule has 1 atom stereocenters. The Morgan fingerprint density at radius 2 is 2.14 bits per heavy atom. The van der Waals surface area contributed by atoms with Crippen LogP contribution in [0.15, 0.2) is 33.9 Å². The standard InChI is InChI=1S/C16H17BrN2O2/c1-10-11(8-18)14(20)15(2,3)9-16(10,21-4)13-12(17)6-5-7-19-13/h5-7H,9H2,1-4H3/t16-/m0/s1. The lowest BCUT2D eigenvalue weighted by molar-refractivity contribution is -0.129. The second-order valence-corrected chi connectivity index (χ2v) is 6.72. The van der Waals surface area contributed by atoms with Crippen LogP contribution < -0.4 is 0 Å². The normalized spacial score (nSPS) is 24.9. The zero-order chi connectivity index (χ0) is 15.8. The number of halogens is 1. The summed E-state index contributed by atoms with van der Waals surface area (Å²) in [7, 11) is 1.59. The molecule has 0 unspecified atom stereocenters. The van der Waals surface area contributed by atoms with E-state index >= 15 is 0 Å². The zero-order valence-corrected chi connectivity index (χ0v) is 14.1. The van der Waals surface area contributed by atoms with Gasteiger partial charge >= 0.3 is 0 Å². The predicted octanol–water partition coefficient (Wildman–Crippen LogP) is 3.52. The maximum atomic E-state index is 12.4. The molecule has 1 aromatic rings. The first-order valence-electron chi connectivity index (χ1n) is 6.62. The first kappa shape index (κ1) is 15.9. The first-order valence-corrected chi connectivity index (χ1v) is 7.42. The molecular formula is C16H17BrN2O2. The van der Waals surface area contributed by atoms with Gasteiger partial charge in [-0.15, -0.1) is 0 Å². The highest BCUT2D eigenvalue weighted by molar-refractivity contribution is 9.10. The fraction of sp³-hybridized carbons (Fsp3) is 0.438. The molecule has 4 nitrogen and oxygen atoms in total.